The highest BCUT2D eigenvalue weighted by Crippen LogP contribution is 2.18. The summed E-state index contributed by atoms with van der Waals surface area (Å²) in [5, 5.41) is 10.2. The van der Waals surface area contributed by atoms with E-state index >= 15 is 0 Å². The lowest BCUT2D eigenvalue weighted by atomic mass is 10.1. The number of aromatic hydroxyl groups is 1. The SMILES string of the molecule is COc1ccc(Cc2c(O)nc(SC)[nH]c2=O)cc1. The summed E-state index contributed by atoms with van der Waals surface area (Å²) in [5.74, 6) is 0.529. The van der Waals surface area contributed by atoms with Gasteiger partial charge < -0.3 is 14.8 Å². The predicted molar refractivity (Wildman–Crippen MR) is 74.1 cm³/mol. The van der Waals surface area contributed by atoms with Gasteiger partial charge in [-0.2, -0.15) is 4.98 Å². The van der Waals surface area contributed by atoms with Crippen LogP contribution in [0.15, 0.2) is 34.2 Å². The van der Waals surface area contributed by atoms with Gasteiger partial charge in [0, 0.05) is 6.42 Å². The molecule has 0 saturated carbocycles. The van der Waals surface area contributed by atoms with Crippen LogP contribution in [0.2, 0.25) is 0 Å². The van der Waals surface area contributed by atoms with Crippen LogP contribution in [-0.2, 0) is 6.42 Å². The van der Waals surface area contributed by atoms with Crippen molar-refractivity contribution in [2.75, 3.05) is 13.4 Å². The fourth-order valence-corrected chi connectivity index (χ4v) is 2.04. The molecule has 6 heteroatoms. The molecule has 0 unspecified atom stereocenters. The molecule has 0 amide bonds. The van der Waals surface area contributed by atoms with E-state index in [2.05, 4.69) is 9.97 Å². The van der Waals surface area contributed by atoms with Gasteiger partial charge in [0.1, 0.15) is 5.75 Å². The summed E-state index contributed by atoms with van der Waals surface area (Å²) in [7, 11) is 1.59. The molecular formula is C13H14N2O3S. The topological polar surface area (TPSA) is 75.2 Å². The lowest BCUT2D eigenvalue weighted by Crippen LogP contribution is -2.15. The second kappa shape index (κ2) is 5.79. The Morgan fingerprint density at radius 3 is 2.58 bits per heavy atom. The highest BCUT2D eigenvalue weighted by molar-refractivity contribution is 7.98. The zero-order valence-electron chi connectivity index (χ0n) is 10.6. The molecule has 1 aromatic heterocycles. The van der Waals surface area contributed by atoms with Gasteiger partial charge in [0.2, 0.25) is 5.88 Å². The van der Waals surface area contributed by atoms with E-state index < -0.39 is 0 Å². The summed E-state index contributed by atoms with van der Waals surface area (Å²) in [5.41, 5.74) is 0.857. The summed E-state index contributed by atoms with van der Waals surface area (Å²) in [4.78, 5) is 18.4. The fourth-order valence-electron chi connectivity index (χ4n) is 1.67. The van der Waals surface area contributed by atoms with Crippen LogP contribution in [0, 0.1) is 0 Å². The van der Waals surface area contributed by atoms with E-state index in [-0.39, 0.29) is 17.0 Å². The van der Waals surface area contributed by atoms with Crippen LogP contribution in [-0.4, -0.2) is 28.4 Å². The first-order valence-corrected chi connectivity index (χ1v) is 6.85. The quantitative estimate of drug-likeness (QED) is 0.659. The Labute approximate surface area is 114 Å². The Balaban J connectivity index is 2.30. The number of nitrogens with zero attached hydrogens (tertiary/aromatic N) is 1. The van der Waals surface area contributed by atoms with E-state index in [0.29, 0.717) is 11.6 Å². The Morgan fingerprint density at radius 2 is 2.05 bits per heavy atom. The first-order chi connectivity index (χ1) is 9.13. The van der Waals surface area contributed by atoms with Crippen molar-refractivity contribution in [2.24, 2.45) is 0 Å². The van der Waals surface area contributed by atoms with E-state index in [1.807, 2.05) is 24.3 Å². The van der Waals surface area contributed by atoms with Gasteiger partial charge in [-0.15, -0.1) is 0 Å². The number of aromatic nitrogens is 2. The third kappa shape index (κ3) is 3.08. The van der Waals surface area contributed by atoms with E-state index in [9.17, 15) is 9.90 Å². The average molecular weight is 278 g/mol. The molecule has 0 aliphatic heterocycles. The maximum Gasteiger partial charge on any atom is 0.258 e. The van der Waals surface area contributed by atoms with E-state index in [0.717, 1.165) is 11.3 Å². The molecule has 0 bridgehead atoms. The van der Waals surface area contributed by atoms with Crippen molar-refractivity contribution in [3.8, 4) is 11.6 Å². The lowest BCUT2D eigenvalue weighted by Gasteiger charge is -2.05. The molecule has 0 saturated heterocycles. The monoisotopic (exact) mass is 278 g/mol. The molecule has 19 heavy (non-hydrogen) atoms. The third-order valence-corrected chi connectivity index (χ3v) is 3.29. The molecule has 2 rings (SSSR count). The second-order valence-corrected chi connectivity index (χ2v) is 4.70. The van der Waals surface area contributed by atoms with Gasteiger partial charge in [-0.1, -0.05) is 23.9 Å². The van der Waals surface area contributed by atoms with Gasteiger partial charge in [0.15, 0.2) is 5.16 Å². The van der Waals surface area contributed by atoms with Crippen molar-refractivity contribution in [1.29, 1.82) is 0 Å². The van der Waals surface area contributed by atoms with E-state index in [1.54, 1.807) is 13.4 Å². The molecule has 0 atom stereocenters. The number of nitrogens with one attached hydrogen (secondary N) is 1. The van der Waals surface area contributed by atoms with Crippen molar-refractivity contribution in [3.63, 3.8) is 0 Å². The number of methoxy groups -OCH3 is 1. The van der Waals surface area contributed by atoms with Gasteiger partial charge in [-0.3, -0.25) is 4.79 Å². The highest BCUT2D eigenvalue weighted by atomic mass is 32.2. The maximum absolute atomic E-state index is 11.9. The summed E-state index contributed by atoms with van der Waals surface area (Å²) in [6.07, 6.45) is 2.10. The minimum atomic E-state index is -0.312. The Morgan fingerprint density at radius 1 is 1.37 bits per heavy atom. The summed E-state index contributed by atoms with van der Waals surface area (Å²) >= 11 is 1.27. The molecule has 100 valence electrons. The van der Waals surface area contributed by atoms with Crippen LogP contribution >= 0.6 is 11.8 Å². The molecule has 1 heterocycles. The third-order valence-electron chi connectivity index (χ3n) is 2.71. The normalized spacial score (nSPS) is 10.4. The van der Waals surface area contributed by atoms with E-state index in [4.69, 9.17) is 4.74 Å². The van der Waals surface area contributed by atoms with E-state index in [1.165, 1.54) is 11.8 Å². The number of rotatable bonds is 4. The van der Waals surface area contributed by atoms with Crippen molar-refractivity contribution in [1.82, 2.24) is 9.97 Å². The molecule has 1 aromatic carbocycles. The molecule has 0 aliphatic rings. The number of ether oxygens (including phenoxy) is 1. The van der Waals surface area contributed by atoms with Crippen LogP contribution in [0.4, 0.5) is 0 Å². The Kier molecular flexibility index (Phi) is 4.11. The number of hydrogen-bond donors (Lipinski definition) is 2. The largest absolute Gasteiger partial charge is 0.497 e. The Bertz CT molecular complexity index is 623. The molecular weight excluding hydrogens is 264 g/mol. The van der Waals surface area contributed by atoms with Crippen LogP contribution in [0.25, 0.3) is 0 Å². The van der Waals surface area contributed by atoms with Gasteiger partial charge in [0.25, 0.3) is 5.56 Å². The maximum atomic E-state index is 11.9. The standard InChI is InChI=1S/C13H14N2O3S/c1-18-9-5-3-8(4-6-9)7-10-11(16)14-13(19-2)15-12(10)17/h3-6H,7H2,1-2H3,(H2,14,15,16,17). The van der Waals surface area contributed by atoms with Crippen molar-refractivity contribution >= 4 is 11.8 Å². The van der Waals surface area contributed by atoms with Crippen LogP contribution < -0.4 is 10.3 Å². The predicted octanol–water partition coefficient (Wildman–Crippen LogP) is 1.80. The molecule has 0 radical (unpaired) electrons. The zero-order valence-corrected chi connectivity index (χ0v) is 11.5. The first-order valence-electron chi connectivity index (χ1n) is 5.63. The van der Waals surface area contributed by atoms with Gasteiger partial charge in [-0.25, -0.2) is 0 Å². The molecule has 0 spiro atoms. The van der Waals surface area contributed by atoms with Crippen LogP contribution in [0.3, 0.4) is 0 Å². The summed E-state index contributed by atoms with van der Waals surface area (Å²) < 4.78 is 5.06. The Hall–Kier alpha value is -1.95. The number of aromatic amines is 1. The molecule has 0 aliphatic carbocycles. The highest BCUT2D eigenvalue weighted by Gasteiger charge is 2.11. The zero-order chi connectivity index (χ0) is 13.8. The minimum absolute atomic E-state index is 0.219. The molecule has 2 aromatic rings. The first kappa shape index (κ1) is 13.5. The van der Waals surface area contributed by atoms with Crippen LogP contribution in [0.5, 0.6) is 11.6 Å². The van der Waals surface area contributed by atoms with Crippen molar-refractivity contribution < 1.29 is 9.84 Å². The summed E-state index contributed by atoms with van der Waals surface area (Å²) in [6.45, 7) is 0. The smallest absolute Gasteiger partial charge is 0.258 e. The molecule has 2 N–H and O–H groups in total. The number of hydrogen-bond acceptors (Lipinski definition) is 5. The molecule has 5 nitrogen and oxygen atoms in total. The second-order valence-electron chi connectivity index (χ2n) is 3.90. The van der Waals surface area contributed by atoms with Crippen molar-refractivity contribution in [3.05, 3.63) is 45.7 Å². The fraction of sp³-hybridized carbons (Fsp3) is 0.231. The average Bonchev–Trinajstić information content (AvgIpc) is 2.43. The van der Waals surface area contributed by atoms with Gasteiger partial charge >= 0.3 is 0 Å². The number of benzene rings is 1. The van der Waals surface area contributed by atoms with Gasteiger partial charge in [0.05, 0.1) is 12.7 Å². The van der Waals surface area contributed by atoms with Crippen molar-refractivity contribution in [2.45, 2.75) is 11.6 Å². The lowest BCUT2D eigenvalue weighted by molar-refractivity contribution is 0.414. The molecule has 0 fully saturated rings. The van der Waals surface area contributed by atoms with Crippen LogP contribution in [0.1, 0.15) is 11.1 Å². The van der Waals surface area contributed by atoms with Gasteiger partial charge in [-0.05, 0) is 24.0 Å². The number of thioether (sulfide) groups is 1. The number of H-pyrrole nitrogens is 1. The summed E-state index contributed by atoms with van der Waals surface area (Å²) in [6, 6.07) is 7.31. The minimum Gasteiger partial charge on any atom is -0.497 e.